The number of phenolic OH excluding ortho intramolecular Hbond substituents is 1. The van der Waals surface area contributed by atoms with Crippen molar-refractivity contribution in [2.45, 2.75) is 4.90 Å². The van der Waals surface area contributed by atoms with Crippen LogP contribution < -0.4 is 0 Å². The monoisotopic (exact) mass is 290 g/mol. The molecule has 0 fully saturated rings. The molecule has 2 aromatic carbocycles. The largest absolute Gasteiger partial charge is 0.507 e. The molecule has 102 valence electrons. The first-order chi connectivity index (χ1) is 9.45. The summed E-state index contributed by atoms with van der Waals surface area (Å²) in [7, 11) is -4.33. The van der Waals surface area contributed by atoms with Crippen molar-refractivity contribution in [1.82, 2.24) is 9.97 Å². The molecule has 0 bridgehead atoms. The Kier molecular flexibility index (Phi) is 2.73. The first-order valence-electron chi connectivity index (χ1n) is 5.71. The number of para-hydroxylation sites is 2. The molecule has 0 unspecified atom stereocenters. The van der Waals surface area contributed by atoms with Crippen LogP contribution in [0.2, 0.25) is 0 Å². The van der Waals surface area contributed by atoms with E-state index in [9.17, 15) is 13.5 Å². The van der Waals surface area contributed by atoms with Gasteiger partial charge in [0.2, 0.25) is 0 Å². The lowest BCUT2D eigenvalue weighted by Gasteiger charge is -2.03. The van der Waals surface area contributed by atoms with Gasteiger partial charge >= 0.3 is 0 Å². The fourth-order valence-corrected chi connectivity index (χ4v) is 2.45. The van der Waals surface area contributed by atoms with Crippen molar-refractivity contribution in [3.63, 3.8) is 0 Å². The van der Waals surface area contributed by atoms with Gasteiger partial charge in [0.25, 0.3) is 10.1 Å². The number of benzene rings is 2. The lowest BCUT2D eigenvalue weighted by molar-refractivity contribution is 0.474. The highest BCUT2D eigenvalue weighted by atomic mass is 32.2. The molecule has 3 rings (SSSR count). The quantitative estimate of drug-likeness (QED) is 0.628. The third-order valence-corrected chi connectivity index (χ3v) is 3.76. The van der Waals surface area contributed by atoms with Gasteiger partial charge in [0.05, 0.1) is 21.5 Å². The van der Waals surface area contributed by atoms with Crippen LogP contribution in [0.1, 0.15) is 0 Å². The molecule has 0 saturated carbocycles. The lowest BCUT2D eigenvalue weighted by atomic mass is 10.2. The van der Waals surface area contributed by atoms with Crippen LogP contribution in [-0.4, -0.2) is 28.0 Å². The maximum atomic E-state index is 11.1. The van der Waals surface area contributed by atoms with Crippen molar-refractivity contribution >= 4 is 21.2 Å². The summed E-state index contributed by atoms with van der Waals surface area (Å²) in [5.74, 6) is 0.200. The fourth-order valence-electron chi connectivity index (χ4n) is 1.95. The Labute approximate surface area is 114 Å². The van der Waals surface area contributed by atoms with Gasteiger partial charge in [0, 0.05) is 0 Å². The van der Waals surface area contributed by atoms with Gasteiger partial charge in [-0.25, -0.2) is 4.98 Å². The van der Waals surface area contributed by atoms with Crippen LogP contribution in [0.3, 0.4) is 0 Å². The zero-order chi connectivity index (χ0) is 14.3. The summed E-state index contributed by atoms with van der Waals surface area (Å²) in [6.07, 6.45) is 0. The number of aromatic nitrogens is 2. The molecular weight excluding hydrogens is 280 g/mol. The Morgan fingerprint density at radius 3 is 2.55 bits per heavy atom. The minimum absolute atomic E-state index is 0.128. The predicted octanol–water partition coefficient (Wildman–Crippen LogP) is 2.18. The van der Waals surface area contributed by atoms with E-state index in [4.69, 9.17) is 4.55 Å². The number of H-pyrrole nitrogens is 1. The number of rotatable bonds is 2. The SMILES string of the molecule is O=S(=O)(O)c1ccc(O)c(-c2nc3ccccc3[nH]2)c1. The molecule has 0 aliphatic carbocycles. The average molecular weight is 290 g/mol. The van der Waals surface area contributed by atoms with Gasteiger partial charge in [0.15, 0.2) is 0 Å². The third kappa shape index (κ3) is 2.13. The average Bonchev–Trinajstić information content (AvgIpc) is 2.81. The molecule has 0 radical (unpaired) electrons. The summed E-state index contributed by atoms with van der Waals surface area (Å²) in [6, 6.07) is 10.7. The predicted molar refractivity (Wildman–Crippen MR) is 73.0 cm³/mol. The molecule has 20 heavy (non-hydrogen) atoms. The van der Waals surface area contributed by atoms with Crippen LogP contribution in [0, 0.1) is 0 Å². The molecule has 0 amide bonds. The summed E-state index contributed by atoms with van der Waals surface area (Å²) < 4.78 is 31.3. The van der Waals surface area contributed by atoms with E-state index in [1.807, 2.05) is 18.2 Å². The van der Waals surface area contributed by atoms with Gasteiger partial charge in [0.1, 0.15) is 11.6 Å². The summed E-state index contributed by atoms with van der Waals surface area (Å²) in [4.78, 5) is 6.96. The number of nitrogens with zero attached hydrogens (tertiary/aromatic N) is 1. The smallest absolute Gasteiger partial charge is 0.294 e. The molecule has 0 aliphatic rings. The molecule has 1 aromatic heterocycles. The highest BCUT2D eigenvalue weighted by molar-refractivity contribution is 7.85. The molecule has 0 aliphatic heterocycles. The van der Waals surface area contributed by atoms with Gasteiger partial charge < -0.3 is 10.1 Å². The lowest BCUT2D eigenvalue weighted by Crippen LogP contribution is -1.98. The fraction of sp³-hybridized carbons (Fsp3) is 0. The maximum Gasteiger partial charge on any atom is 0.294 e. The topological polar surface area (TPSA) is 103 Å². The Morgan fingerprint density at radius 1 is 1.10 bits per heavy atom. The van der Waals surface area contributed by atoms with Crippen molar-refractivity contribution in [2.75, 3.05) is 0 Å². The first-order valence-corrected chi connectivity index (χ1v) is 7.15. The second-order valence-corrected chi connectivity index (χ2v) is 5.68. The Bertz CT molecular complexity index is 867. The number of hydrogen-bond acceptors (Lipinski definition) is 4. The van der Waals surface area contributed by atoms with E-state index in [0.29, 0.717) is 11.3 Å². The summed E-state index contributed by atoms with van der Waals surface area (Å²) in [5.41, 5.74) is 1.66. The van der Waals surface area contributed by atoms with Gasteiger partial charge in [-0.2, -0.15) is 8.42 Å². The van der Waals surface area contributed by atoms with E-state index < -0.39 is 10.1 Å². The number of aromatic amines is 1. The Balaban J connectivity index is 2.23. The zero-order valence-corrected chi connectivity index (χ0v) is 10.9. The highest BCUT2D eigenvalue weighted by Crippen LogP contribution is 2.30. The van der Waals surface area contributed by atoms with Gasteiger partial charge in [-0.3, -0.25) is 4.55 Å². The molecule has 3 aromatic rings. The van der Waals surface area contributed by atoms with Crippen LogP contribution in [0.15, 0.2) is 47.4 Å². The van der Waals surface area contributed by atoms with Crippen LogP contribution in [0.25, 0.3) is 22.4 Å². The van der Waals surface area contributed by atoms with Crippen molar-refractivity contribution < 1.29 is 18.1 Å². The number of nitrogens with one attached hydrogen (secondary N) is 1. The summed E-state index contributed by atoms with van der Waals surface area (Å²) in [5, 5.41) is 9.84. The number of imidazole rings is 1. The first kappa shape index (κ1) is 12.6. The molecule has 0 saturated heterocycles. The van der Waals surface area contributed by atoms with E-state index in [-0.39, 0.29) is 16.2 Å². The van der Waals surface area contributed by atoms with Crippen LogP contribution in [-0.2, 0) is 10.1 Å². The number of fused-ring (bicyclic) bond motifs is 1. The molecular formula is C13H10N2O4S. The normalized spacial score (nSPS) is 11.8. The standard InChI is InChI=1S/C13H10N2O4S/c16-12-6-5-8(20(17,18)19)7-9(12)13-14-10-3-1-2-4-11(10)15-13/h1-7,16H,(H,14,15)(H,17,18,19). The highest BCUT2D eigenvalue weighted by Gasteiger charge is 2.15. The molecule has 6 nitrogen and oxygen atoms in total. The molecule has 7 heteroatoms. The van der Waals surface area contributed by atoms with E-state index in [1.54, 1.807) is 6.07 Å². The maximum absolute atomic E-state index is 11.1. The van der Waals surface area contributed by atoms with Crippen molar-refractivity contribution in [1.29, 1.82) is 0 Å². The molecule has 0 atom stereocenters. The number of phenols is 1. The van der Waals surface area contributed by atoms with Crippen molar-refractivity contribution in [3.8, 4) is 17.1 Å². The minimum atomic E-state index is -4.33. The Hall–Kier alpha value is -2.38. The van der Waals surface area contributed by atoms with E-state index >= 15 is 0 Å². The van der Waals surface area contributed by atoms with Crippen LogP contribution >= 0.6 is 0 Å². The Morgan fingerprint density at radius 2 is 1.85 bits per heavy atom. The second-order valence-electron chi connectivity index (χ2n) is 4.26. The van der Waals surface area contributed by atoms with Gasteiger partial charge in [-0.1, -0.05) is 12.1 Å². The number of hydrogen-bond donors (Lipinski definition) is 3. The molecule has 1 heterocycles. The number of aromatic hydroxyl groups is 1. The van der Waals surface area contributed by atoms with E-state index in [0.717, 1.165) is 11.6 Å². The zero-order valence-electron chi connectivity index (χ0n) is 10.1. The van der Waals surface area contributed by atoms with Crippen LogP contribution in [0.5, 0.6) is 5.75 Å². The second kappa shape index (κ2) is 4.32. The molecule has 0 spiro atoms. The molecule has 3 N–H and O–H groups in total. The van der Waals surface area contributed by atoms with Crippen molar-refractivity contribution in [2.24, 2.45) is 0 Å². The summed E-state index contributed by atoms with van der Waals surface area (Å²) in [6.45, 7) is 0. The van der Waals surface area contributed by atoms with Gasteiger partial charge in [-0.05, 0) is 30.3 Å². The van der Waals surface area contributed by atoms with E-state index in [2.05, 4.69) is 9.97 Å². The third-order valence-electron chi connectivity index (χ3n) is 2.91. The minimum Gasteiger partial charge on any atom is -0.507 e. The van der Waals surface area contributed by atoms with Crippen LogP contribution in [0.4, 0.5) is 0 Å². The summed E-state index contributed by atoms with van der Waals surface area (Å²) >= 11 is 0. The van der Waals surface area contributed by atoms with Gasteiger partial charge in [-0.15, -0.1) is 0 Å². The van der Waals surface area contributed by atoms with E-state index in [1.165, 1.54) is 12.1 Å². The van der Waals surface area contributed by atoms with Crippen molar-refractivity contribution in [3.05, 3.63) is 42.5 Å².